The summed E-state index contributed by atoms with van der Waals surface area (Å²) < 4.78 is 1.04. The molecule has 0 fully saturated rings. The molecule has 0 bridgehead atoms. The number of alkyl halides is 1. The fourth-order valence-corrected chi connectivity index (χ4v) is 30.7. The van der Waals surface area contributed by atoms with Gasteiger partial charge in [-0.3, -0.25) is 0 Å². The van der Waals surface area contributed by atoms with Gasteiger partial charge in [-0.25, -0.2) is 0 Å². The Morgan fingerprint density at radius 1 is 0.846 bits per heavy atom. The van der Waals surface area contributed by atoms with Crippen LogP contribution in [0.3, 0.4) is 0 Å². The molecule has 4 heteroatoms. The van der Waals surface area contributed by atoms with Gasteiger partial charge in [0.05, 0.1) is 0 Å². The second kappa shape index (κ2) is 5.38. The van der Waals surface area contributed by atoms with Crippen LogP contribution in [0.4, 0.5) is 0 Å². The van der Waals surface area contributed by atoms with Crippen molar-refractivity contribution >= 4 is 42.1 Å². The summed E-state index contributed by atoms with van der Waals surface area (Å²) in [5, 5.41) is 0. The van der Waals surface area contributed by atoms with Crippen LogP contribution in [0.1, 0.15) is 0 Å². The summed E-state index contributed by atoms with van der Waals surface area (Å²) in [7, 11) is -1.66. The van der Waals surface area contributed by atoms with Gasteiger partial charge in [0.15, 0.2) is 0 Å². The molecule has 0 spiro atoms. The van der Waals surface area contributed by atoms with E-state index < -0.39 is 30.5 Å². The molecule has 0 nitrogen and oxygen atoms in total. The van der Waals surface area contributed by atoms with E-state index in [0.717, 1.165) is 4.71 Å². The van der Waals surface area contributed by atoms with Crippen LogP contribution < -0.4 is 0 Å². The van der Waals surface area contributed by atoms with Crippen molar-refractivity contribution in [3.8, 4) is 0 Å². The first-order chi connectivity index (χ1) is 5.64. The van der Waals surface area contributed by atoms with E-state index in [1.165, 1.54) is 0 Å². The van der Waals surface area contributed by atoms with Crippen LogP contribution in [0.15, 0.2) is 0 Å². The molecule has 0 amide bonds. The van der Waals surface area contributed by atoms with Gasteiger partial charge in [-0.15, -0.1) is 0 Å². The Balaban J connectivity index is 4.05. The van der Waals surface area contributed by atoms with E-state index in [0.29, 0.717) is 0 Å². The average molecular weight is 297 g/mol. The summed E-state index contributed by atoms with van der Waals surface area (Å²) in [4.78, 5) is 3.14. The standard InChI is InChI=1S/C9H24ClGeSi2/c1-12(2,3)8-11(7-10)9-13(4,5)6/h7-9H2,1-6H3. The first-order valence-electron chi connectivity index (χ1n) is 5.04. The molecule has 0 rings (SSSR count). The van der Waals surface area contributed by atoms with Crippen LogP contribution in [-0.2, 0) is 0 Å². The molecule has 0 heterocycles. The van der Waals surface area contributed by atoms with Crippen LogP contribution in [-0.4, -0.2) is 35.2 Å². The van der Waals surface area contributed by atoms with Gasteiger partial charge < -0.3 is 0 Å². The quantitative estimate of drug-likeness (QED) is 0.531. The van der Waals surface area contributed by atoms with E-state index in [1.54, 1.807) is 9.75 Å². The first kappa shape index (κ1) is 14.3. The molecule has 0 aromatic heterocycles. The van der Waals surface area contributed by atoms with Gasteiger partial charge in [0.1, 0.15) is 0 Å². The van der Waals surface area contributed by atoms with Crippen molar-refractivity contribution < 1.29 is 0 Å². The predicted octanol–water partition coefficient (Wildman–Crippen LogP) is 4.01. The molecular weight excluding hydrogens is 272 g/mol. The van der Waals surface area contributed by atoms with Gasteiger partial charge in [0.25, 0.3) is 0 Å². The van der Waals surface area contributed by atoms with Gasteiger partial charge in [-0.2, -0.15) is 0 Å². The van der Waals surface area contributed by atoms with Crippen LogP contribution in [0.2, 0.25) is 49.0 Å². The Morgan fingerprint density at radius 3 is 1.31 bits per heavy atom. The van der Waals surface area contributed by atoms with Crippen molar-refractivity contribution in [3.63, 3.8) is 0 Å². The molecule has 0 aliphatic carbocycles. The van der Waals surface area contributed by atoms with Crippen LogP contribution in [0, 0.1) is 0 Å². The van der Waals surface area contributed by atoms with Gasteiger partial charge >= 0.3 is 95.8 Å². The van der Waals surface area contributed by atoms with Crippen molar-refractivity contribution in [1.82, 2.24) is 0 Å². The monoisotopic (exact) mass is 297 g/mol. The number of hydrogen-bond donors (Lipinski definition) is 0. The van der Waals surface area contributed by atoms with Crippen molar-refractivity contribution in [2.45, 2.75) is 49.0 Å². The van der Waals surface area contributed by atoms with E-state index in [4.69, 9.17) is 11.6 Å². The van der Waals surface area contributed by atoms with E-state index >= 15 is 0 Å². The Hall–Kier alpha value is 1.27. The predicted molar refractivity (Wildman–Crippen MR) is 72.8 cm³/mol. The molecular formula is C9H24ClGeSi2. The Bertz CT molecular complexity index is 133. The summed E-state index contributed by atoms with van der Waals surface area (Å²) in [6.45, 7) is 14.9. The molecule has 79 valence electrons. The van der Waals surface area contributed by atoms with Crippen molar-refractivity contribution in [2.75, 3.05) is 4.71 Å². The molecule has 0 aromatic rings. The Morgan fingerprint density at radius 2 is 1.15 bits per heavy atom. The maximum absolute atomic E-state index is 6.10. The van der Waals surface area contributed by atoms with E-state index in [1.807, 2.05) is 0 Å². The summed E-state index contributed by atoms with van der Waals surface area (Å²) in [6, 6.07) is 0. The third kappa shape index (κ3) is 9.57. The Labute approximate surface area is 95.6 Å². The second-order valence-electron chi connectivity index (χ2n) is 6.36. The molecule has 0 unspecified atom stereocenters. The fraction of sp³-hybridized carbons (Fsp3) is 1.00. The zero-order chi connectivity index (χ0) is 10.7. The van der Waals surface area contributed by atoms with Gasteiger partial charge in [0, 0.05) is 0 Å². The van der Waals surface area contributed by atoms with Crippen molar-refractivity contribution in [2.24, 2.45) is 0 Å². The fourth-order valence-electron chi connectivity index (χ4n) is 1.66. The molecule has 0 saturated heterocycles. The molecule has 0 N–H and O–H groups in total. The maximum atomic E-state index is 6.10. The molecule has 0 aliphatic heterocycles. The zero-order valence-electron chi connectivity index (χ0n) is 10.00. The van der Waals surface area contributed by atoms with Crippen molar-refractivity contribution in [3.05, 3.63) is 0 Å². The SMILES string of the molecule is C[Si](C)(C)[CH2][Ge]([CH2]Cl)[CH2][Si](C)(C)C. The topological polar surface area (TPSA) is 0 Å². The third-order valence-electron chi connectivity index (χ3n) is 1.75. The summed E-state index contributed by atoms with van der Waals surface area (Å²) >= 11 is 5.25. The van der Waals surface area contributed by atoms with E-state index in [9.17, 15) is 0 Å². The summed E-state index contributed by atoms with van der Waals surface area (Å²) in [6.07, 6.45) is 0. The molecule has 1 radical (unpaired) electrons. The molecule has 0 saturated carbocycles. The zero-order valence-corrected chi connectivity index (χ0v) is 14.9. The Kier molecular flexibility index (Phi) is 5.90. The van der Waals surface area contributed by atoms with Gasteiger partial charge in [-0.1, -0.05) is 0 Å². The van der Waals surface area contributed by atoms with Crippen LogP contribution in [0.5, 0.6) is 0 Å². The second-order valence-corrected chi connectivity index (χ2v) is 26.9. The first-order valence-corrected chi connectivity index (χ1v) is 17.4. The number of halogens is 1. The van der Waals surface area contributed by atoms with E-state index in [2.05, 4.69) is 39.3 Å². The average Bonchev–Trinajstić information content (AvgIpc) is 1.79. The molecule has 13 heavy (non-hydrogen) atoms. The summed E-state index contributed by atoms with van der Waals surface area (Å²) in [5.74, 6) is 0. The van der Waals surface area contributed by atoms with Crippen LogP contribution >= 0.6 is 11.6 Å². The molecule has 0 aliphatic rings. The minimum absolute atomic E-state index is 0.829. The molecule has 0 aromatic carbocycles. The third-order valence-corrected chi connectivity index (χ3v) is 27.3. The van der Waals surface area contributed by atoms with Crippen LogP contribution in [0.25, 0.3) is 0 Å². The number of hydrogen-bond acceptors (Lipinski definition) is 0. The van der Waals surface area contributed by atoms with Gasteiger partial charge in [0.2, 0.25) is 0 Å². The normalized spacial score (nSPS) is 13.8. The minimum atomic E-state index is -0.847. The number of rotatable bonds is 5. The van der Waals surface area contributed by atoms with Crippen molar-refractivity contribution in [1.29, 1.82) is 0 Å². The van der Waals surface area contributed by atoms with E-state index in [-0.39, 0.29) is 0 Å². The van der Waals surface area contributed by atoms with Gasteiger partial charge in [-0.05, 0) is 0 Å². The summed E-state index contributed by atoms with van der Waals surface area (Å²) in [5.41, 5.74) is 0. The molecule has 0 atom stereocenters.